The summed E-state index contributed by atoms with van der Waals surface area (Å²) in [5.74, 6) is -1.43. The summed E-state index contributed by atoms with van der Waals surface area (Å²) in [5.41, 5.74) is 0. The molecule has 1 aliphatic rings. The molecule has 1 rings (SSSR count). The van der Waals surface area contributed by atoms with Crippen LogP contribution < -0.4 is 0 Å². The molecule has 0 bridgehead atoms. The van der Waals surface area contributed by atoms with Crippen molar-refractivity contribution in [2.45, 2.75) is 32.5 Å². The van der Waals surface area contributed by atoms with Gasteiger partial charge in [0, 0.05) is 19.6 Å². The first kappa shape index (κ1) is 20.8. The SMILES string of the molecule is CCC(C)OCC(=O)N1CCOC(CN(CC(=O)O)S(C)(=O)=O)C1. The Kier molecular flexibility index (Phi) is 8.07. The predicted octanol–water partition coefficient (Wildman–Crippen LogP) is -0.625. The van der Waals surface area contributed by atoms with Crippen LogP contribution in [0.4, 0.5) is 0 Å². The minimum Gasteiger partial charge on any atom is -0.480 e. The minimum atomic E-state index is -3.68. The van der Waals surface area contributed by atoms with Gasteiger partial charge < -0.3 is 19.5 Å². The van der Waals surface area contributed by atoms with Crippen molar-refractivity contribution in [2.75, 3.05) is 45.6 Å². The third kappa shape index (κ3) is 7.12. The molecule has 0 spiro atoms. The molecule has 10 heteroatoms. The van der Waals surface area contributed by atoms with Gasteiger partial charge in [0.15, 0.2) is 0 Å². The maximum absolute atomic E-state index is 12.1. The molecule has 1 amide bonds. The zero-order valence-corrected chi connectivity index (χ0v) is 15.1. The number of rotatable bonds is 9. The van der Waals surface area contributed by atoms with Crippen molar-refractivity contribution < 1.29 is 32.6 Å². The number of morpholine rings is 1. The fourth-order valence-electron chi connectivity index (χ4n) is 2.17. The Bertz CT molecular complexity index is 537. The van der Waals surface area contributed by atoms with Gasteiger partial charge >= 0.3 is 5.97 Å². The summed E-state index contributed by atoms with van der Waals surface area (Å²) < 4.78 is 35.1. The molecule has 0 aromatic carbocycles. The molecule has 2 unspecified atom stereocenters. The van der Waals surface area contributed by atoms with E-state index in [1.54, 1.807) is 4.90 Å². The largest absolute Gasteiger partial charge is 0.480 e. The topological polar surface area (TPSA) is 113 Å². The maximum atomic E-state index is 12.1. The molecule has 0 aliphatic carbocycles. The zero-order chi connectivity index (χ0) is 18.3. The second-order valence-electron chi connectivity index (χ2n) is 5.81. The average Bonchev–Trinajstić information content (AvgIpc) is 2.50. The highest BCUT2D eigenvalue weighted by molar-refractivity contribution is 7.88. The van der Waals surface area contributed by atoms with Crippen molar-refractivity contribution in [1.29, 1.82) is 0 Å². The summed E-state index contributed by atoms with van der Waals surface area (Å²) in [4.78, 5) is 24.5. The fourth-order valence-corrected chi connectivity index (χ4v) is 2.96. The van der Waals surface area contributed by atoms with Crippen LogP contribution in [0.1, 0.15) is 20.3 Å². The highest BCUT2D eigenvalue weighted by Gasteiger charge is 2.29. The zero-order valence-electron chi connectivity index (χ0n) is 14.3. The van der Waals surface area contributed by atoms with Gasteiger partial charge in [-0.15, -0.1) is 0 Å². The molecule has 0 aromatic heterocycles. The number of sulfonamides is 1. The predicted molar refractivity (Wildman–Crippen MR) is 86.1 cm³/mol. The van der Waals surface area contributed by atoms with Gasteiger partial charge in [-0.25, -0.2) is 8.42 Å². The Hall–Kier alpha value is -1.23. The normalized spacial score (nSPS) is 20.2. The maximum Gasteiger partial charge on any atom is 0.318 e. The van der Waals surface area contributed by atoms with Crippen LogP contribution >= 0.6 is 0 Å². The Morgan fingerprint density at radius 1 is 1.46 bits per heavy atom. The van der Waals surface area contributed by atoms with E-state index in [1.165, 1.54) is 0 Å². The van der Waals surface area contributed by atoms with E-state index in [0.29, 0.717) is 6.54 Å². The molecule has 0 radical (unpaired) electrons. The highest BCUT2D eigenvalue weighted by atomic mass is 32.2. The van der Waals surface area contributed by atoms with Crippen LogP contribution in [0.25, 0.3) is 0 Å². The number of hydrogen-bond acceptors (Lipinski definition) is 6. The molecule has 1 N–H and O–H groups in total. The number of carbonyl (C=O) groups is 2. The lowest BCUT2D eigenvalue weighted by molar-refractivity contribution is -0.146. The molecular formula is C14H26N2O7S. The van der Waals surface area contributed by atoms with Crippen molar-refractivity contribution >= 4 is 21.9 Å². The molecule has 1 fully saturated rings. The van der Waals surface area contributed by atoms with Crippen LogP contribution in [-0.4, -0.2) is 92.5 Å². The van der Waals surface area contributed by atoms with Gasteiger partial charge in [-0.2, -0.15) is 4.31 Å². The summed E-state index contributed by atoms with van der Waals surface area (Å²) in [6.45, 7) is 3.93. The molecule has 1 saturated heterocycles. The Balaban J connectivity index is 2.60. The number of hydrogen-bond donors (Lipinski definition) is 1. The van der Waals surface area contributed by atoms with E-state index in [1.807, 2.05) is 13.8 Å². The Labute approximate surface area is 142 Å². The average molecular weight is 366 g/mol. The fraction of sp³-hybridized carbons (Fsp3) is 0.857. The number of carbonyl (C=O) groups excluding carboxylic acids is 1. The number of carboxylic acid groups (broad SMARTS) is 1. The minimum absolute atomic E-state index is 0.0120. The van der Waals surface area contributed by atoms with Crippen LogP contribution in [0, 0.1) is 0 Å². The molecule has 24 heavy (non-hydrogen) atoms. The van der Waals surface area contributed by atoms with Gasteiger partial charge in [0.05, 0.1) is 25.1 Å². The van der Waals surface area contributed by atoms with Crippen molar-refractivity contribution in [3.05, 3.63) is 0 Å². The number of carboxylic acids is 1. The summed E-state index contributed by atoms with van der Waals surface area (Å²) >= 11 is 0. The first-order valence-corrected chi connectivity index (χ1v) is 9.66. The van der Waals surface area contributed by atoms with Gasteiger partial charge in [-0.1, -0.05) is 6.92 Å². The number of nitrogens with zero attached hydrogens (tertiary/aromatic N) is 2. The molecule has 0 aromatic rings. The van der Waals surface area contributed by atoms with Crippen LogP contribution in [0.5, 0.6) is 0 Å². The smallest absolute Gasteiger partial charge is 0.318 e. The highest BCUT2D eigenvalue weighted by Crippen LogP contribution is 2.10. The van der Waals surface area contributed by atoms with Gasteiger partial charge in [0.25, 0.3) is 0 Å². The molecule has 1 aliphatic heterocycles. The second-order valence-corrected chi connectivity index (χ2v) is 7.79. The van der Waals surface area contributed by atoms with E-state index in [-0.39, 0.29) is 38.3 Å². The van der Waals surface area contributed by atoms with E-state index in [9.17, 15) is 18.0 Å². The summed E-state index contributed by atoms with van der Waals surface area (Å²) in [5, 5.41) is 8.83. The van der Waals surface area contributed by atoms with E-state index in [4.69, 9.17) is 14.6 Å². The van der Waals surface area contributed by atoms with Gasteiger partial charge in [0.1, 0.15) is 13.2 Å². The van der Waals surface area contributed by atoms with Crippen LogP contribution in [0.15, 0.2) is 0 Å². The molecule has 9 nitrogen and oxygen atoms in total. The molecule has 2 atom stereocenters. The first-order chi connectivity index (χ1) is 11.1. The number of aliphatic carboxylic acids is 1. The van der Waals surface area contributed by atoms with Crippen LogP contribution in [0.2, 0.25) is 0 Å². The molecule has 1 heterocycles. The summed E-state index contributed by atoms with van der Waals surface area (Å²) in [6.07, 6.45) is 1.17. The lowest BCUT2D eigenvalue weighted by Gasteiger charge is -2.35. The van der Waals surface area contributed by atoms with Crippen molar-refractivity contribution in [1.82, 2.24) is 9.21 Å². The van der Waals surface area contributed by atoms with Gasteiger partial charge in [-0.3, -0.25) is 9.59 Å². The van der Waals surface area contributed by atoms with E-state index in [0.717, 1.165) is 17.0 Å². The standard InChI is InChI=1S/C14H26N2O7S/c1-4-11(2)23-10-13(17)15-5-6-22-12(7-15)8-16(9-14(18)19)24(3,20)21/h11-12H,4-10H2,1-3H3,(H,18,19). The third-order valence-electron chi connectivity index (χ3n) is 3.75. The summed E-state index contributed by atoms with van der Waals surface area (Å²) in [7, 11) is -3.68. The number of amides is 1. The second kappa shape index (κ2) is 9.30. The Morgan fingerprint density at radius 3 is 2.67 bits per heavy atom. The number of ether oxygens (including phenoxy) is 2. The van der Waals surface area contributed by atoms with Gasteiger partial charge in [-0.05, 0) is 13.3 Å². The van der Waals surface area contributed by atoms with E-state index in [2.05, 4.69) is 0 Å². The van der Waals surface area contributed by atoms with Crippen LogP contribution in [-0.2, 0) is 29.1 Å². The monoisotopic (exact) mass is 366 g/mol. The molecular weight excluding hydrogens is 340 g/mol. The first-order valence-electron chi connectivity index (χ1n) is 7.81. The quantitative estimate of drug-likeness (QED) is 0.578. The third-order valence-corrected chi connectivity index (χ3v) is 4.96. The Morgan fingerprint density at radius 2 is 2.12 bits per heavy atom. The van der Waals surface area contributed by atoms with Crippen LogP contribution in [0.3, 0.4) is 0 Å². The molecule has 140 valence electrons. The van der Waals surface area contributed by atoms with E-state index >= 15 is 0 Å². The lowest BCUT2D eigenvalue weighted by Crippen LogP contribution is -2.52. The van der Waals surface area contributed by atoms with Crippen molar-refractivity contribution in [3.63, 3.8) is 0 Å². The van der Waals surface area contributed by atoms with E-state index < -0.39 is 28.6 Å². The summed E-state index contributed by atoms with van der Waals surface area (Å²) in [6, 6.07) is 0. The van der Waals surface area contributed by atoms with Crippen molar-refractivity contribution in [3.8, 4) is 0 Å². The van der Waals surface area contributed by atoms with Crippen molar-refractivity contribution in [2.24, 2.45) is 0 Å². The molecule has 0 saturated carbocycles. The van der Waals surface area contributed by atoms with Gasteiger partial charge in [0.2, 0.25) is 15.9 Å². The lowest BCUT2D eigenvalue weighted by atomic mass is 10.2.